The first-order valence-corrected chi connectivity index (χ1v) is 7.81. The SMILES string of the molecule is CCOc1ccc(NC(=O)c2cccc(C(=O)NC(C)C)n2)cc1. The lowest BCUT2D eigenvalue weighted by Gasteiger charge is -2.09. The maximum atomic E-state index is 12.3. The number of pyridine rings is 1. The third-order valence-corrected chi connectivity index (χ3v) is 3.06. The van der Waals surface area contributed by atoms with Crippen molar-refractivity contribution in [2.75, 3.05) is 11.9 Å². The molecule has 24 heavy (non-hydrogen) atoms. The van der Waals surface area contributed by atoms with Gasteiger partial charge in [-0.25, -0.2) is 4.98 Å². The lowest BCUT2D eigenvalue weighted by atomic mass is 10.2. The van der Waals surface area contributed by atoms with E-state index in [0.717, 1.165) is 5.75 Å². The number of hydrogen-bond donors (Lipinski definition) is 2. The average molecular weight is 327 g/mol. The highest BCUT2D eigenvalue weighted by Crippen LogP contribution is 2.16. The molecular weight excluding hydrogens is 306 g/mol. The van der Waals surface area contributed by atoms with Crippen molar-refractivity contribution in [3.8, 4) is 5.75 Å². The van der Waals surface area contributed by atoms with Crippen molar-refractivity contribution in [1.29, 1.82) is 0 Å². The molecule has 0 saturated heterocycles. The number of ether oxygens (including phenoxy) is 1. The Balaban J connectivity index is 2.08. The third kappa shape index (κ3) is 4.81. The zero-order valence-electron chi connectivity index (χ0n) is 14.0. The van der Waals surface area contributed by atoms with Crippen LogP contribution in [0.25, 0.3) is 0 Å². The van der Waals surface area contributed by atoms with Crippen molar-refractivity contribution in [2.24, 2.45) is 0 Å². The summed E-state index contributed by atoms with van der Waals surface area (Å²) in [5.74, 6) is 0.0556. The minimum Gasteiger partial charge on any atom is -0.494 e. The quantitative estimate of drug-likeness (QED) is 0.855. The van der Waals surface area contributed by atoms with Gasteiger partial charge in [0.2, 0.25) is 0 Å². The number of carbonyl (C=O) groups is 2. The second kappa shape index (κ2) is 8.10. The Morgan fingerprint density at radius 3 is 2.25 bits per heavy atom. The highest BCUT2D eigenvalue weighted by molar-refractivity contribution is 6.03. The summed E-state index contributed by atoms with van der Waals surface area (Å²) >= 11 is 0. The molecule has 0 unspecified atom stereocenters. The van der Waals surface area contributed by atoms with Crippen LogP contribution in [-0.4, -0.2) is 29.4 Å². The molecule has 6 nitrogen and oxygen atoms in total. The van der Waals surface area contributed by atoms with Gasteiger partial charge >= 0.3 is 0 Å². The maximum Gasteiger partial charge on any atom is 0.274 e. The van der Waals surface area contributed by atoms with Gasteiger partial charge in [-0.1, -0.05) is 6.07 Å². The molecule has 0 atom stereocenters. The molecule has 0 aliphatic heterocycles. The Labute approximate surface area is 141 Å². The minimum absolute atomic E-state index is 0.000590. The number of carbonyl (C=O) groups excluding carboxylic acids is 2. The molecule has 2 aromatic rings. The molecule has 1 aromatic carbocycles. The van der Waals surface area contributed by atoms with Gasteiger partial charge in [0.25, 0.3) is 11.8 Å². The van der Waals surface area contributed by atoms with E-state index in [9.17, 15) is 9.59 Å². The maximum absolute atomic E-state index is 12.3. The fourth-order valence-electron chi connectivity index (χ4n) is 2.02. The van der Waals surface area contributed by atoms with E-state index < -0.39 is 0 Å². The van der Waals surface area contributed by atoms with Gasteiger partial charge in [0.15, 0.2) is 0 Å². The normalized spacial score (nSPS) is 10.3. The summed E-state index contributed by atoms with van der Waals surface area (Å²) in [4.78, 5) is 28.4. The lowest BCUT2D eigenvalue weighted by Crippen LogP contribution is -2.31. The number of amides is 2. The molecule has 6 heteroatoms. The van der Waals surface area contributed by atoms with E-state index in [0.29, 0.717) is 12.3 Å². The van der Waals surface area contributed by atoms with Crippen LogP contribution in [0.1, 0.15) is 41.7 Å². The van der Waals surface area contributed by atoms with Gasteiger partial charge in [0, 0.05) is 11.7 Å². The van der Waals surface area contributed by atoms with Gasteiger partial charge in [-0.3, -0.25) is 9.59 Å². The summed E-state index contributed by atoms with van der Waals surface area (Å²) in [7, 11) is 0. The fourth-order valence-corrected chi connectivity index (χ4v) is 2.02. The van der Waals surface area contributed by atoms with E-state index >= 15 is 0 Å². The number of anilines is 1. The molecule has 2 rings (SSSR count). The molecule has 0 bridgehead atoms. The van der Waals surface area contributed by atoms with Gasteiger partial charge in [-0.15, -0.1) is 0 Å². The van der Waals surface area contributed by atoms with Crippen LogP contribution in [0.4, 0.5) is 5.69 Å². The molecular formula is C18H21N3O3. The molecule has 2 amide bonds. The minimum atomic E-state index is -0.377. The van der Waals surface area contributed by atoms with Crippen molar-refractivity contribution in [3.05, 3.63) is 53.9 Å². The second-order valence-electron chi connectivity index (χ2n) is 5.45. The summed E-state index contributed by atoms with van der Waals surface area (Å²) in [6.45, 7) is 6.21. The highest BCUT2D eigenvalue weighted by Gasteiger charge is 2.13. The van der Waals surface area contributed by atoms with E-state index in [4.69, 9.17) is 4.74 Å². The average Bonchev–Trinajstić information content (AvgIpc) is 2.56. The van der Waals surface area contributed by atoms with Crippen molar-refractivity contribution < 1.29 is 14.3 Å². The molecule has 1 aromatic heterocycles. The van der Waals surface area contributed by atoms with E-state index in [1.165, 1.54) is 0 Å². The first-order valence-electron chi connectivity index (χ1n) is 7.81. The van der Waals surface area contributed by atoms with Crippen LogP contribution in [0.3, 0.4) is 0 Å². The summed E-state index contributed by atoms with van der Waals surface area (Å²) < 4.78 is 5.35. The standard InChI is InChI=1S/C18H21N3O3/c1-4-24-14-10-8-13(9-11-14)20-18(23)16-7-5-6-15(21-16)17(22)19-12(2)3/h5-12H,4H2,1-3H3,(H,19,22)(H,20,23). The topological polar surface area (TPSA) is 80.3 Å². The number of benzene rings is 1. The molecule has 126 valence electrons. The third-order valence-electron chi connectivity index (χ3n) is 3.06. The number of rotatable bonds is 6. The van der Waals surface area contributed by atoms with Gasteiger partial charge in [0.05, 0.1) is 6.61 Å². The molecule has 0 saturated carbocycles. The molecule has 0 fully saturated rings. The van der Waals surface area contributed by atoms with Crippen LogP contribution in [-0.2, 0) is 0 Å². The Kier molecular flexibility index (Phi) is 5.89. The van der Waals surface area contributed by atoms with E-state index in [-0.39, 0.29) is 29.2 Å². The largest absolute Gasteiger partial charge is 0.494 e. The van der Waals surface area contributed by atoms with Crippen molar-refractivity contribution in [1.82, 2.24) is 10.3 Å². The Hall–Kier alpha value is -2.89. The smallest absolute Gasteiger partial charge is 0.274 e. The summed E-state index contributed by atoms with van der Waals surface area (Å²) in [5, 5.41) is 5.49. The van der Waals surface area contributed by atoms with Gasteiger partial charge < -0.3 is 15.4 Å². The van der Waals surface area contributed by atoms with Crippen molar-refractivity contribution >= 4 is 17.5 Å². The first-order chi connectivity index (χ1) is 11.5. The Morgan fingerprint density at radius 2 is 1.67 bits per heavy atom. The summed E-state index contributed by atoms with van der Waals surface area (Å²) in [6, 6.07) is 11.8. The number of nitrogens with one attached hydrogen (secondary N) is 2. The number of hydrogen-bond acceptors (Lipinski definition) is 4. The first kappa shape index (κ1) is 17.5. The lowest BCUT2D eigenvalue weighted by molar-refractivity contribution is 0.0938. The highest BCUT2D eigenvalue weighted by atomic mass is 16.5. The van der Waals surface area contributed by atoms with Gasteiger partial charge in [0.1, 0.15) is 17.1 Å². The van der Waals surface area contributed by atoms with E-state index in [2.05, 4.69) is 15.6 Å². The number of nitrogens with zero attached hydrogens (tertiary/aromatic N) is 1. The molecule has 0 aliphatic carbocycles. The molecule has 0 spiro atoms. The van der Waals surface area contributed by atoms with Crippen LogP contribution < -0.4 is 15.4 Å². The van der Waals surface area contributed by atoms with Crippen LogP contribution in [0.2, 0.25) is 0 Å². The van der Waals surface area contributed by atoms with Crippen molar-refractivity contribution in [2.45, 2.75) is 26.8 Å². The van der Waals surface area contributed by atoms with Gasteiger partial charge in [-0.2, -0.15) is 0 Å². The zero-order chi connectivity index (χ0) is 17.5. The van der Waals surface area contributed by atoms with Crippen LogP contribution in [0.15, 0.2) is 42.5 Å². The van der Waals surface area contributed by atoms with E-state index in [1.54, 1.807) is 42.5 Å². The van der Waals surface area contributed by atoms with E-state index in [1.807, 2.05) is 20.8 Å². The Bertz CT molecular complexity index is 712. The summed E-state index contributed by atoms with van der Waals surface area (Å²) in [6.07, 6.45) is 0. The molecule has 0 radical (unpaired) electrons. The molecule has 2 N–H and O–H groups in total. The monoisotopic (exact) mass is 327 g/mol. The fraction of sp³-hybridized carbons (Fsp3) is 0.278. The zero-order valence-corrected chi connectivity index (χ0v) is 14.0. The molecule has 1 heterocycles. The van der Waals surface area contributed by atoms with Gasteiger partial charge in [-0.05, 0) is 57.2 Å². The number of aromatic nitrogens is 1. The van der Waals surface area contributed by atoms with Crippen LogP contribution >= 0.6 is 0 Å². The predicted octanol–water partition coefficient (Wildman–Crippen LogP) is 2.87. The van der Waals surface area contributed by atoms with Crippen LogP contribution in [0.5, 0.6) is 5.75 Å². The second-order valence-corrected chi connectivity index (χ2v) is 5.45. The van der Waals surface area contributed by atoms with Crippen LogP contribution in [0, 0.1) is 0 Å². The Morgan fingerprint density at radius 1 is 1.04 bits per heavy atom. The predicted molar refractivity (Wildman–Crippen MR) is 92.4 cm³/mol. The van der Waals surface area contributed by atoms with Crippen molar-refractivity contribution in [3.63, 3.8) is 0 Å². The molecule has 0 aliphatic rings. The summed E-state index contributed by atoms with van der Waals surface area (Å²) in [5.41, 5.74) is 1.02.